The van der Waals surface area contributed by atoms with Crippen LogP contribution in [0.3, 0.4) is 0 Å². The number of methoxy groups -OCH3 is 2. The van der Waals surface area contributed by atoms with E-state index in [-0.39, 0.29) is 12.1 Å². The van der Waals surface area contributed by atoms with Crippen LogP contribution in [0, 0.1) is 0 Å². The van der Waals surface area contributed by atoms with Crippen molar-refractivity contribution >= 4 is 5.69 Å². The van der Waals surface area contributed by atoms with Gasteiger partial charge in [0.25, 0.3) is 0 Å². The molecular weight excluding hydrogens is 454 g/mol. The van der Waals surface area contributed by atoms with Gasteiger partial charge in [-0.25, -0.2) is 4.98 Å². The molecule has 8 heteroatoms. The Morgan fingerprint density at radius 1 is 1.08 bits per heavy atom. The first kappa shape index (κ1) is 23.7. The lowest BCUT2D eigenvalue weighted by molar-refractivity contribution is 0.150. The van der Waals surface area contributed by atoms with E-state index in [1.807, 2.05) is 43.8 Å². The molecule has 0 fully saturated rings. The fourth-order valence-electron chi connectivity index (χ4n) is 4.53. The first-order valence-electron chi connectivity index (χ1n) is 12.0. The van der Waals surface area contributed by atoms with Crippen LogP contribution in [0.4, 0.5) is 5.69 Å². The number of fused-ring (bicyclic) bond motifs is 1. The van der Waals surface area contributed by atoms with Crippen molar-refractivity contribution in [3.05, 3.63) is 84.3 Å². The van der Waals surface area contributed by atoms with Gasteiger partial charge >= 0.3 is 0 Å². The Bertz CT molecular complexity index is 1310. The number of anilines is 1. The molecule has 2 aromatic carbocycles. The predicted octanol–water partition coefficient (Wildman–Crippen LogP) is 4.25. The van der Waals surface area contributed by atoms with Gasteiger partial charge in [-0.05, 0) is 29.7 Å². The minimum atomic E-state index is -0.130. The molecule has 186 valence electrons. The van der Waals surface area contributed by atoms with Crippen LogP contribution in [0.25, 0.3) is 11.1 Å². The van der Waals surface area contributed by atoms with E-state index in [2.05, 4.69) is 57.1 Å². The molecule has 3 heterocycles. The van der Waals surface area contributed by atoms with Gasteiger partial charge in [-0.15, -0.1) is 0 Å². The molecule has 36 heavy (non-hydrogen) atoms. The average molecular weight is 486 g/mol. The number of rotatable bonds is 9. The van der Waals surface area contributed by atoms with Crippen molar-refractivity contribution in [1.82, 2.24) is 20.1 Å². The van der Waals surface area contributed by atoms with E-state index in [1.54, 1.807) is 18.9 Å². The largest absolute Gasteiger partial charge is 0.497 e. The van der Waals surface area contributed by atoms with Gasteiger partial charge in [0.1, 0.15) is 17.6 Å². The van der Waals surface area contributed by atoms with Crippen LogP contribution in [0.1, 0.15) is 17.2 Å². The van der Waals surface area contributed by atoms with E-state index < -0.39 is 0 Å². The number of aromatic nitrogens is 3. The molecule has 0 radical (unpaired) electrons. The number of ether oxygens (including phenoxy) is 3. The van der Waals surface area contributed by atoms with Crippen molar-refractivity contribution in [1.29, 1.82) is 0 Å². The summed E-state index contributed by atoms with van der Waals surface area (Å²) in [6.07, 6.45) is 6.32. The third-order valence-electron chi connectivity index (χ3n) is 6.43. The standard InChI is InChI=1S/C28H31N5O3/c1-33-18-22(16-32-33)21-13-24-28(31-15-21)36-26(17-30-24)27(20-7-5-4-6-8-20)29-12-11-19-9-10-23(34-2)14-25(19)35-3/h4-10,13-16,18,26-27,29-30H,11-12,17H2,1-3H3/t26-,27+/m0/s1. The second kappa shape index (κ2) is 10.7. The van der Waals surface area contributed by atoms with Gasteiger partial charge < -0.3 is 24.8 Å². The molecule has 0 amide bonds. The van der Waals surface area contributed by atoms with Crippen molar-refractivity contribution in [2.75, 3.05) is 32.6 Å². The minimum Gasteiger partial charge on any atom is -0.497 e. The lowest BCUT2D eigenvalue weighted by atomic mass is 9.99. The highest BCUT2D eigenvalue weighted by molar-refractivity contribution is 5.69. The number of hydrogen-bond donors (Lipinski definition) is 2. The summed E-state index contributed by atoms with van der Waals surface area (Å²) in [6, 6.07) is 18.4. The highest BCUT2D eigenvalue weighted by Crippen LogP contribution is 2.34. The first-order chi connectivity index (χ1) is 17.6. The van der Waals surface area contributed by atoms with Gasteiger partial charge in [-0.3, -0.25) is 4.68 Å². The predicted molar refractivity (Wildman–Crippen MR) is 140 cm³/mol. The zero-order valence-corrected chi connectivity index (χ0v) is 20.8. The topological polar surface area (TPSA) is 82.5 Å². The summed E-state index contributed by atoms with van der Waals surface area (Å²) in [5.74, 6) is 2.22. The summed E-state index contributed by atoms with van der Waals surface area (Å²) >= 11 is 0. The molecule has 2 atom stereocenters. The summed E-state index contributed by atoms with van der Waals surface area (Å²) < 4.78 is 19.1. The van der Waals surface area contributed by atoms with Crippen LogP contribution in [0.15, 0.2) is 73.2 Å². The van der Waals surface area contributed by atoms with Crippen LogP contribution in [-0.2, 0) is 13.5 Å². The van der Waals surface area contributed by atoms with Crippen LogP contribution in [0.2, 0.25) is 0 Å². The van der Waals surface area contributed by atoms with Crippen molar-refractivity contribution in [3.8, 4) is 28.5 Å². The number of nitrogens with one attached hydrogen (secondary N) is 2. The van der Waals surface area contributed by atoms with Crippen molar-refractivity contribution in [2.24, 2.45) is 7.05 Å². The highest BCUT2D eigenvalue weighted by atomic mass is 16.5. The molecule has 2 N–H and O–H groups in total. The molecule has 8 nitrogen and oxygen atoms in total. The Balaban J connectivity index is 1.31. The molecular formula is C28H31N5O3. The maximum atomic E-state index is 6.42. The SMILES string of the molecule is COc1ccc(CCN[C@H](c2ccccc2)[C@@H]2CNc3cc(-c4cnn(C)c4)cnc3O2)c(OC)c1. The van der Waals surface area contributed by atoms with E-state index >= 15 is 0 Å². The zero-order chi connectivity index (χ0) is 24.9. The monoisotopic (exact) mass is 485 g/mol. The third kappa shape index (κ3) is 5.13. The Morgan fingerprint density at radius 2 is 1.94 bits per heavy atom. The molecule has 0 unspecified atom stereocenters. The van der Waals surface area contributed by atoms with Gasteiger partial charge in [0.2, 0.25) is 5.88 Å². The van der Waals surface area contributed by atoms with Gasteiger partial charge in [0.15, 0.2) is 0 Å². The summed E-state index contributed by atoms with van der Waals surface area (Å²) in [5.41, 5.74) is 5.20. The lowest BCUT2D eigenvalue weighted by Crippen LogP contribution is -2.43. The van der Waals surface area contributed by atoms with E-state index in [0.717, 1.165) is 46.8 Å². The van der Waals surface area contributed by atoms with Crippen LogP contribution < -0.4 is 24.8 Å². The Morgan fingerprint density at radius 3 is 2.69 bits per heavy atom. The second-order valence-electron chi connectivity index (χ2n) is 8.79. The molecule has 0 saturated carbocycles. The molecule has 2 aromatic heterocycles. The average Bonchev–Trinajstić information content (AvgIpc) is 3.37. The molecule has 4 aromatic rings. The molecule has 5 rings (SSSR count). The maximum Gasteiger partial charge on any atom is 0.237 e. The number of nitrogens with zero attached hydrogens (tertiary/aromatic N) is 3. The van der Waals surface area contributed by atoms with Gasteiger partial charge in [-0.2, -0.15) is 5.10 Å². The summed E-state index contributed by atoms with van der Waals surface area (Å²) in [6.45, 7) is 1.41. The number of hydrogen-bond acceptors (Lipinski definition) is 7. The molecule has 0 saturated heterocycles. The van der Waals surface area contributed by atoms with E-state index in [1.165, 1.54) is 5.56 Å². The second-order valence-corrected chi connectivity index (χ2v) is 8.79. The Hall–Kier alpha value is -4.04. The van der Waals surface area contributed by atoms with E-state index in [4.69, 9.17) is 14.2 Å². The third-order valence-corrected chi connectivity index (χ3v) is 6.43. The Kier molecular flexibility index (Phi) is 7.04. The molecule has 0 spiro atoms. The molecule has 0 bridgehead atoms. The number of aryl methyl sites for hydroxylation is 1. The molecule has 0 aliphatic carbocycles. The molecule has 1 aliphatic heterocycles. The maximum absolute atomic E-state index is 6.42. The summed E-state index contributed by atoms with van der Waals surface area (Å²) in [7, 11) is 5.25. The van der Waals surface area contributed by atoms with Crippen LogP contribution in [0.5, 0.6) is 17.4 Å². The summed E-state index contributed by atoms with van der Waals surface area (Å²) in [5, 5.41) is 11.5. The highest BCUT2D eigenvalue weighted by Gasteiger charge is 2.29. The smallest absolute Gasteiger partial charge is 0.237 e. The lowest BCUT2D eigenvalue weighted by Gasteiger charge is -2.33. The number of benzene rings is 2. The van der Waals surface area contributed by atoms with Gasteiger partial charge in [0, 0.05) is 43.2 Å². The number of pyridine rings is 1. The van der Waals surface area contributed by atoms with Crippen LogP contribution in [-0.4, -0.2) is 48.2 Å². The fraction of sp³-hybridized carbons (Fsp3) is 0.286. The van der Waals surface area contributed by atoms with Crippen molar-refractivity contribution in [3.63, 3.8) is 0 Å². The van der Waals surface area contributed by atoms with Gasteiger partial charge in [0.05, 0.1) is 38.7 Å². The summed E-state index contributed by atoms with van der Waals surface area (Å²) in [4.78, 5) is 4.62. The van der Waals surface area contributed by atoms with Gasteiger partial charge in [-0.1, -0.05) is 36.4 Å². The first-order valence-corrected chi connectivity index (χ1v) is 12.0. The molecule has 1 aliphatic rings. The Labute approximate surface area is 211 Å². The van der Waals surface area contributed by atoms with Crippen LogP contribution >= 0.6 is 0 Å². The normalized spacial score (nSPS) is 15.4. The fourth-order valence-corrected chi connectivity index (χ4v) is 4.53. The van der Waals surface area contributed by atoms with E-state index in [0.29, 0.717) is 12.4 Å². The van der Waals surface area contributed by atoms with E-state index in [9.17, 15) is 0 Å². The van der Waals surface area contributed by atoms with Crippen molar-refractivity contribution in [2.45, 2.75) is 18.6 Å². The quantitative estimate of drug-likeness (QED) is 0.367. The van der Waals surface area contributed by atoms with Crippen molar-refractivity contribution < 1.29 is 14.2 Å². The minimum absolute atomic E-state index is 0.0177. The zero-order valence-electron chi connectivity index (χ0n) is 20.8.